The highest BCUT2D eigenvalue weighted by molar-refractivity contribution is 5.94. The monoisotopic (exact) mass is 378 g/mol. The predicted molar refractivity (Wildman–Crippen MR) is 107 cm³/mol. The number of para-hydroxylation sites is 1. The number of fused-ring (bicyclic) bond motifs is 1. The van der Waals surface area contributed by atoms with Gasteiger partial charge in [-0.3, -0.25) is 9.59 Å². The van der Waals surface area contributed by atoms with Crippen LogP contribution in [0.5, 0.6) is 5.75 Å². The fourth-order valence-electron chi connectivity index (χ4n) is 3.92. The highest BCUT2D eigenvalue weighted by Crippen LogP contribution is 2.26. The zero-order valence-electron chi connectivity index (χ0n) is 16.0. The Balaban J connectivity index is 1.32. The van der Waals surface area contributed by atoms with Crippen LogP contribution in [0.1, 0.15) is 40.7 Å². The van der Waals surface area contributed by atoms with E-state index in [0.29, 0.717) is 26.0 Å². The Morgan fingerprint density at radius 2 is 1.79 bits per heavy atom. The Bertz CT molecular complexity index is 841. The molecule has 2 amide bonds. The summed E-state index contributed by atoms with van der Waals surface area (Å²) in [5.41, 5.74) is 2.80. The second-order valence-corrected chi connectivity index (χ2v) is 7.56. The molecule has 146 valence electrons. The molecular weight excluding hydrogens is 352 g/mol. The molecule has 5 nitrogen and oxygen atoms in total. The maximum Gasteiger partial charge on any atom is 0.253 e. The number of hydrogen-bond acceptors (Lipinski definition) is 3. The lowest BCUT2D eigenvalue weighted by Gasteiger charge is -2.16. The minimum absolute atomic E-state index is 0.0533. The lowest BCUT2D eigenvalue weighted by atomic mass is 9.96. The van der Waals surface area contributed by atoms with Gasteiger partial charge in [0.15, 0.2) is 0 Å². The van der Waals surface area contributed by atoms with Crippen molar-refractivity contribution in [1.82, 2.24) is 10.2 Å². The number of carbonyl (C=O) groups excluding carboxylic acids is 2. The number of likely N-dealkylation sites (tertiary alicyclic amines) is 1. The summed E-state index contributed by atoms with van der Waals surface area (Å²) in [6, 6.07) is 15.5. The third-order valence-electron chi connectivity index (χ3n) is 5.59. The largest absolute Gasteiger partial charge is 0.493 e. The molecule has 2 aromatic rings. The normalized spacial score (nSPS) is 18.7. The van der Waals surface area contributed by atoms with E-state index < -0.39 is 0 Å². The smallest absolute Gasteiger partial charge is 0.253 e. The molecule has 28 heavy (non-hydrogen) atoms. The van der Waals surface area contributed by atoms with Gasteiger partial charge in [0.2, 0.25) is 5.91 Å². The third kappa shape index (κ3) is 4.19. The predicted octanol–water partition coefficient (Wildman–Crippen LogP) is 3.18. The van der Waals surface area contributed by atoms with Crippen LogP contribution in [0.2, 0.25) is 0 Å². The minimum atomic E-state index is -0.0836. The van der Waals surface area contributed by atoms with E-state index in [-0.39, 0.29) is 17.7 Å². The van der Waals surface area contributed by atoms with Crippen LogP contribution in [0.25, 0.3) is 0 Å². The Morgan fingerprint density at radius 3 is 2.57 bits per heavy atom. The molecule has 1 saturated heterocycles. The van der Waals surface area contributed by atoms with Crippen molar-refractivity contribution in [2.24, 2.45) is 5.92 Å². The van der Waals surface area contributed by atoms with Crippen LogP contribution in [0, 0.1) is 5.92 Å². The van der Waals surface area contributed by atoms with Crippen LogP contribution in [-0.4, -0.2) is 36.4 Å². The zero-order valence-corrected chi connectivity index (χ0v) is 16.0. The SMILES string of the molecule is O=C(NCc1ccc(C(=O)N2CCCC2)cc1)[C@@H]1CCOc2ccccc2C1. The number of nitrogens with one attached hydrogen (secondary N) is 1. The molecule has 0 radical (unpaired) electrons. The molecule has 5 heteroatoms. The summed E-state index contributed by atoms with van der Waals surface area (Å²) in [5, 5.41) is 3.04. The maximum atomic E-state index is 12.7. The average Bonchev–Trinajstić information content (AvgIpc) is 3.18. The fraction of sp³-hybridized carbons (Fsp3) is 0.391. The van der Waals surface area contributed by atoms with E-state index in [4.69, 9.17) is 4.74 Å². The van der Waals surface area contributed by atoms with Crippen LogP contribution in [0.4, 0.5) is 0 Å². The first-order chi connectivity index (χ1) is 13.7. The van der Waals surface area contributed by atoms with Gasteiger partial charge in [0, 0.05) is 31.1 Å². The van der Waals surface area contributed by atoms with Crippen molar-refractivity contribution >= 4 is 11.8 Å². The Hall–Kier alpha value is -2.82. The number of rotatable bonds is 4. The molecular formula is C23H26N2O3. The second kappa shape index (κ2) is 8.46. The molecule has 1 N–H and O–H groups in total. The summed E-state index contributed by atoms with van der Waals surface area (Å²) in [6.07, 6.45) is 3.59. The van der Waals surface area contributed by atoms with Gasteiger partial charge in [0.05, 0.1) is 6.61 Å². The lowest BCUT2D eigenvalue weighted by Crippen LogP contribution is -2.32. The molecule has 1 atom stereocenters. The minimum Gasteiger partial charge on any atom is -0.493 e. The molecule has 0 unspecified atom stereocenters. The molecule has 0 saturated carbocycles. The first-order valence-corrected chi connectivity index (χ1v) is 10.1. The van der Waals surface area contributed by atoms with Crippen LogP contribution in [0.15, 0.2) is 48.5 Å². The van der Waals surface area contributed by atoms with Crippen LogP contribution in [-0.2, 0) is 17.8 Å². The van der Waals surface area contributed by atoms with E-state index >= 15 is 0 Å². The van der Waals surface area contributed by atoms with E-state index in [9.17, 15) is 9.59 Å². The van der Waals surface area contributed by atoms with Gasteiger partial charge in [0.25, 0.3) is 5.91 Å². The molecule has 2 aliphatic heterocycles. The lowest BCUT2D eigenvalue weighted by molar-refractivity contribution is -0.125. The molecule has 2 aromatic carbocycles. The maximum absolute atomic E-state index is 12.7. The Labute approximate surface area is 165 Å². The first kappa shape index (κ1) is 18.5. The Morgan fingerprint density at radius 1 is 1.04 bits per heavy atom. The summed E-state index contributed by atoms with van der Waals surface area (Å²) < 4.78 is 5.75. The molecule has 2 aliphatic rings. The number of nitrogens with zero attached hydrogens (tertiary/aromatic N) is 1. The number of hydrogen-bond donors (Lipinski definition) is 1. The summed E-state index contributed by atoms with van der Waals surface area (Å²) in [4.78, 5) is 27.0. The van der Waals surface area contributed by atoms with E-state index in [1.54, 1.807) is 0 Å². The van der Waals surface area contributed by atoms with Gasteiger partial charge < -0.3 is 15.0 Å². The van der Waals surface area contributed by atoms with E-state index in [0.717, 1.165) is 48.4 Å². The van der Waals surface area contributed by atoms with Crippen molar-refractivity contribution < 1.29 is 14.3 Å². The van der Waals surface area contributed by atoms with Crippen molar-refractivity contribution in [3.63, 3.8) is 0 Å². The van der Waals surface area contributed by atoms with Gasteiger partial charge in [-0.25, -0.2) is 0 Å². The first-order valence-electron chi connectivity index (χ1n) is 10.1. The molecule has 1 fully saturated rings. The van der Waals surface area contributed by atoms with Crippen molar-refractivity contribution in [3.05, 3.63) is 65.2 Å². The zero-order chi connectivity index (χ0) is 19.3. The molecule has 2 heterocycles. The van der Waals surface area contributed by atoms with Gasteiger partial charge in [-0.05, 0) is 55.0 Å². The van der Waals surface area contributed by atoms with Gasteiger partial charge in [-0.15, -0.1) is 0 Å². The molecule has 0 bridgehead atoms. The fourth-order valence-corrected chi connectivity index (χ4v) is 3.92. The standard InChI is InChI=1S/C23H26N2O3/c26-22(20-11-14-28-21-6-2-1-5-19(21)15-20)24-16-17-7-9-18(10-8-17)23(27)25-12-3-4-13-25/h1-2,5-10,20H,3-4,11-16H2,(H,24,26)/t20-/m1/s1. The van der Waals surface area contributed by atoms with Crippen molar-refractivity contribution in [1.29, 1.82) is 0 Å². The Kier molecular flexibility index (Phi) is 5.60. The van der Waals surface area contributed by atoms with E-state index in [1.165, 1.54) is 0 Å². The molecule has 0 spiro atoms. The number of carbonyl (C=O) groups is 2. The van der Waals surface area contributed by atoms with E-state index in [1.807, 2.05) is 53.4 Å². The number of amides is 2. The average molecular weight is 378 g/mol. The van der Waals surface area contributed by atoms with Crippen LogP contribution < -0.4 is 10.1 Å². The number of ether oxygens (including phenoxy) is 1. The van der Waals surface area contributed by atoms with Crippen molar-refractivity contribution in [3.8, 4) is 5.75 Å². The summed E-state index contributed by atoms with van der Waals surface area (Å²) in [5.74, 6) is 0.957. The van der Waals surface area contributed by atoms with Gasteiger partial charge in [-0.1, -0.05) is 30.3 Å². The quantitative estimate of drug-likeness (QED) is 0.889. The van der Waals surface area contributed by atoms with Crippen molar-refractivity contribution in [2.45, 2.75) is 32.2 Å². The molecule has 0 aliphatic carbocycles. The highest BCUT2D eigenvalue weighted by Gasteiger charge is 2.23. The topological polar surface area (TPSA) is 58.6 Å². The summed E-state index contributed by atoms with van der Waals surface area (Å²) >= 11 is 0. The van der Waals surface area contributed by atoms with Gasteiger partial charge in [0.1, 0.15) is 5.75 Å². The third-order valence-corrected chi connectivity index (χ3v) is 5.59. The number of benzene rings is 2. The highest BCUT2D eigenvalue weighted by atomic mass is 16.5. The van der Waals surface area contributed by atoms with Crippen LogP contribution >= 0.6 is 0 Å². The van der Waals surface area contributed by atoms with Gasteiger partial charge in [-0.2, -0.15) is 0 Å². The van der Waals surface area contributed by atoms with E-state index in [2.05, 4.69) is 5.32 Å². The van der Waals surface area contributed by atoms with Crippen LogP contribution in [0.3, 0.4) is 0 Å². The summed E-state index contributed by atoms with van der Waals surface area (Å²) in [7, 11) is 0. The molecule has 4 rings (SSSR count). The van der Waals surface area contributed by atoms with Crippen molar-refractivity contribution in [2.75, 3.05) is 19.7 Å². The second-order valence-electron chi connectivity index (χ2n) is 7.56. The summed E-state index contributed by atoms with van der Waals surface area (Å²) in [6.45, 7) is 2.73. The van der Waals surface area contributed by atoms with Gasteiger partial charge >= 0.3 is 0 Å². The molecule has 0 aromatic heterocycles.